The van der Waals surface area contributed by atoms with Crippen molar-refractivity contribution >= 4 is 0 Å². The molecule has 7 heteroatoms. The van der Waals surface area contributed by atoms with Crippen molar-refractivity contribution in [1.29, 1.82) is 0 Å². The first-order valence-electron chi connectivity index (χ1n) is 10.5. The molecule has 146 valence electrons. The van der Waals surface area contributed by atoms with Gasteiger partial charge >= 0.3 is 0 Å². The van der Waals surface area contributed by atoms with Gasteiger partial charge in [0, 0.05) is 0 Å². The summed E-state index contributed by atoms with van der Waals surface area (Å²) in [6.07, 6.45) is 5.97. The smallest absolute Gasteiger partial charge is 0.214 e. The Labute approximate surface area is 160 Å². The van der Waals surface area contributed by atoms with Gasteiger partial charge in [-0.15, -0.1) is 5.10 Å². The zero-order chi connectivity index (χ0) is 18.6. The molecule has 2 aromatic rings. The van der Waals surface area contributed by atoms with E-state index in [1.54, 1.807) is 17.0 Å². The first kappa shape index (κ1) is 18.5. The van der Waals surface area contributed by atoms with Gasteiger partial charge in [0.15, 0.2) is 6.04 Å². The highest BCUT2D eigenvalue weighted by atomic mass is 19.1. The summed E-state index contributed by atoms with van der Waals surface area (Å²) in [4.78, 5) is 3.00. The van der Waals surface area contributed by atoms with E-state index < -0.39 is 0 Å². The third-order valence-electron chi connectivity index (χ3n) is 6.42. The number of quaternary nitrogens is 2. The molecule has 2 heterocycles. The molecular formula is C20H31FN6+2. The van der Waals surface area contributed by atoms with Gasteiger partial charge in [0.25, 0.3) is 0 Å². The topological polar surface area (TPSA) is 52.5 Å². The van der Waals surface area contributed by atoms with E-state index in [-0.39, 0.29) is 11.9 Å². The number of aromatic nitrogens is 4. The van der Waals surface area contributed by atoms with Crippen LogP contribution >= 0.6 is 0 Å². The van der Waals surface area contributed by atoms with Crippen LogP contribution in [-0.2, 0) is 0 Å². The Hall–Kier alpha value is -1.86. The van der Waals surface area contributed by atoms with Crippen LogP contribution in [0.25, 0.3) is 0 Å². The van der Waals surface area contributed by atoms with Gasteiger partial charge in [-0.2, -0.15) is 0 Å². The third kappa shape index (κ3) is 3.89. The number of benzene rings is 1. The summed E-state index contributed by atoms with van der Waals surface area (Å²) in [5.74, 6) is 0.681. The minimum Gasteiger partial charge on any atom is -0.326 e. The van der Waals surface area contributed by atoms with Gasteiger partial charge in [-0.05, 0) is 42.3 Å². The summed E-state index contributed by atoms with van der Waals surface area (Å²) in [6.45, 7) is 7.64. The maximum atomic E-state index is 14.8. The quantitative estimate of drug-likeness (QED) is 0.787. The standard InChI is InChI=1S/C20H29FN6/c1-2-25-12-14-26(15-13-25)19(17-10-6-7-11-18(17)21)20-22-23-24-27(20)16-8-4-3-5-9-16/h6-7,10-11,16,19H,2-5,8-9,12-15H2,1H3/p+2/t19-/m1/s1. The summed E-state index contributed by atoms with van der Waals surface area (Å²) in [6, 6.07) is 7.36. The first-order valence-corrected chi connectivity index (χ1v) is 10.5. The lowest BCUT2D eigenvalue weighted by Gasteiger charge is -2.34. The Bertz CT molecular complexity index is 734. The predicted octanol–water partition coefficient (Wildman–Crippen LogP) is 0.210. The molecule has 1 atom stereocenters. The maximum Gasteiger partial charge on any atom is 0.214 e. The molecule has 6 nitrogen and oxygen atoms in total. The van der Waals surface area contributed by atoms with E-state index >= 15 is 0 Å². The Balaban J connectivity index is 1.69. The van der Waals surface area contributed by atoms with E-state index in [0.717, 1.165) is 57.0 Å². The van der Waals surface area contributed by atoms with Crippen LogP contribution < -0.4 is 9.80 Å². The molecule has 1 aliphatic heterocycles. The van der Waals surface area contributed by atoms with Crippen LogP contribution in [0.3, 0.4) is 0 Å². The van der Waals surface area contributed by atoms with Gasteiger partial charge in [0.1, 0.15) is 32.0 Å². The SMILES string of the molecule is CC[NH+]1CC[NH+]([C@H](c2ccccc2F)c2nnnn2C2CCCCC2)CC1. The Kier molecular flexibility index (Phi) is 5.78. The average molecular weight is 375 g/mol. The molecular weight excluding hydrogens is 343 g/mol. The fourth-order valence-corrected chi connectivity index (χ4v) is 4.79. The summed E-state index contributed by atoms with van der Waals surface area (Å²) >= 11 is 0. The normalized spacial score (nSPS) is 25.4. The number of rotatable bonds is 5. The number of piperazine rings is 1. The van der Waals surface area contributed by atoms with Crippen molar-refractivity contribution in [3.05, 3.63) is 41.5 Å². The molecule has 0 amide bonds. The summed E-state index contributed by atoms with van der Waals surface area (Å²) < 4.78 is 16.8. The van der Waals surface area contributed by atoms with Gasteiger partial charge in [-0.25, -0.2) is 9.07 Å². The summed E-state index contributed by atoms with van der Waals surface area (Å²) in [5, 5.41) is 12.8. The average Bonchev–Trinajstić information content (AvgIpc) is 3.20. The Morgan fingerprint density at radius 3 is 2.56 bits per heavy atom. The van der Waals surface area contributed by atoms with E-state index in [2.05, 4.69) is 22.4 Å². The molecule has 0 unspecified atom stereocenters. The van der Waals surface area contributed by atoms with E-state index in [4.69, 9.17) is 0 Å². The minimum absolute atomic E-state index is 0.137. The van der Waals surface area contributed by atoms with Gasteiger partial charge in [0.2, 0.25) is 5.82 Å². The van der Waals surface area contributed by atoms with Gasteiger partial charge in [-0.1, -0.05) is 31.4 Å². The van der Waals surface area contributed by atoms with Gasteiger partial charge in [-0.3, -0.25) is 0 Å². The molecule has 0 radical (unpaired) electrons. The number of halogens is 1. The molecule has 1 saturated heterocycles. The third-order valence-corrected chi connectivity index (χ3v) is 6.42. The Morgan fingerprint density at radius 1 is 1.11 bits per heavy atom. The van der Waals surface area contributed by atoms with E-state index in [9.17, 15) is 4.39 Å². The second-order valence-corrected chi connectivity index (χ2v) is 7.99. The lowest BCUT2D eigenvalue weighted by Crippen LogP contribution is -3.28. The van der Waals surface area contributed by atoms with Crippen LogP contribution in [0.2, 0.25) is 0 Å². The highest BCUT2D eigenvalue weighted by Crippen LogP contribution is 2.30. The van der Waals surface area contributed by atoms with Crippen LogP contribution in [0.5, 0.6) is 0 Å². The first-order chi connectivity index (χ1) is 13.3. The van der Waals surface area contributed by atoms with Crippen molar-refractivity contribution in [2.45, 2.75) is 51.1 Å². The van der Waals surface area contributed by atoms with Crippen molar-refractivity contribution in [2.24, 2.45) is 0 Å². The number of hydrogen-bond donors (Lipinski definition) is 2. The number of tetrazole rings is 1. The summed E-state index contributed by atoms with van der Waals surface area (Å²) in [5.41, 5.74) is 0.722. The van der Waals surface area contributed by atoms with Gasteiger partial charge in [0.05, 0.1) is 18.2 Å². The van der Waals surface area contributed by atoms with Crippen LogP contribution in [0, 0.1) is 5.82 Å². The van der Waals surface area contributed by atoms with E-state index in [0.29, 0.717) is 6.04 Å². The number of hydrogen-bond acceptors (Lipinski definition) is 3. The predicted molar refractivity (Wildman–Crippen MR) is 100 cm³/mol. The second kappa shape index (κ2) is 8.44. The number of nitrogens with one attached hydrogen (secondary N) is 2. The maximum absolute atomic E-state index is 14.8. The molecule has 0 bridgehead atoms. The number of nitrogens with zero attached hydrogens (tertiary/aromatic N) is 4. The highest BCUT2D eigenvalue weighted by molar-refractivity contribution is 5.24. The van der Waals surface area contributed by atoms with E-state index in [1.165, 1.54) is 24.2 Å². The fraction of sp³-hybridized carbons (Fsp3) is 0.650. The second-order valence-electron chi connectivity index (χ2n) is 7.99. The lowest BCUT2D eigenvalue weighted by atomic mass is 9.95. The highest BCUT2D eigenvalue weighted by Gasteiger charge is 2.37. The zero-order valence-corrected chi connectivity index (χ0v) is 16.2. The van der Waals surface area contributed by atoms with E-state index in [1.807, 2.05) is 16.8 Å². The van der Waals surface area contributed by atoms with Crippen LogP contribution in [0.15, 0.2) is 24.3 Å². The lowest BCUT2D eigenvalue weighted by molar-refractivity contribution is -1.02. The number of likely N-dealkylation sites (N-methyl/N-ethyl adjacent to an activating group) is 1. The van der Waals surface area contributed by atoms with Crippen LogP contribution in [0.1, 0.15) is 62.5 Å². The molecule has 1 aromatic carbocycles. The molecule has 2 aliphatic rings. The molecule has 27 heavy (non-hydrogen) atoms. The van der Waals surface area contributed by atoms with Crippen molar-refractivity contribution in [3.63, 3.8) is 0 Å². The molecule has 1 aromatic heterocycles. The molecule has 1 saturated carbocycles. The Morgan fingerprint density at radius 2 is 1.85 bits per heavy atom. The van der Waals surface area contributed by atoms with Gasteiger partial charge < -0.3 is 9.80 Å². The van der Waals surface area contributed by atoms with Crippen molar-refractivity contribution < 1.29 is 14.2 Å². The minimum atomic E-state index is -0.154. The van der Waals surface area contributed by atoms with Crippen LogP contribution in [0.4, 0.5) is 4.39 Å². The molecule has 4 rings (SSSR count). The van der Waals surface area contributed by atoms with Crippen molar-refractivity contribution in [3.8, 4) is 0 Å². The van der Waals surface area contributed by atoms with Crippen molar-refractivity contribution in [2.75, 3.05) is 32.7 Å². The van der Waals surface area contributed by atoms with Crippen molar-refractivity contribution in [1.82, 2.24) is 20.2 Å². The zero-order valence-electron chi connectivity index (χ0n) is 16.2. The van der Waals surface area contributed by atoms with Crippen LogP contribution in [-0.4, -0.2) is 52.9 Å². The molecule has 1 aliphatic carbocycles. The molecule has 0 spiro atoms. The monoisotopic (exact) mass is 374 g/mol. The largest absolute Gasteiger partial charge is 0.326 e. The molecule has 2 fully saturated rings. The molecule has 2 N–H and O–H groups in total. The summed E-state index contributed by atoms with van der Waals surface area (Å²) in [7, 11) is 0. The fourth-order valence-electron chi connectivity index (χ4n) is 4.79.